The second kappa shape index (κ2) is 9.04. The Morgan fingerprint density at radius 2 is 1.71 bits per heavy atom. The third-order valence-corrected chi connectivity index (χ3v) is 6.75. The van der Waals surface area contributed by atoms with Crippen molar-refractivity contribution in [3.8, 4) is 28.3 Å². The molecule has 0 saturated carbocycles. The minimum Gasteiger partial charge on any atom is -0.471 e. The number of amides is 1. The number of carbonyl (C=O) groups excluding carboxylic acids is 1. The molecule has 0 bridgehead atoms. The third-order valence-electron chi connectivity index (χ3n) is 5.95. The van der Waals surface area contributed by atoms with Crippen LogP contribution in [0, 0.1) is 0 Å². The highest BCUT2D eigenvalue weighted by molar-refractivity contribution is 6.36. The van der Waals surface area contributed by atoms with Gasteiger partial charge in [-0.1, -0.05) is 46.9 Å². The molecule has 4 rings (SSSR count). The first-order valence-corrected chi connectivity index (χ1v) is 12.0. The predicted molar refractivity (Wildman–Crippen MR) is 139 cm³/mol. The molecular formula is C26H26Cl3N3O2. The SMILES string of the molecule is CC1(C)CC(NC(C)(C)C(N)=O)c2cc(-c3ccc(Cl)cc3)c(-c3ccc(Cl)cc3Cl)nc2O1. The smallest absolute Gasteiger partial charge is 0.237 e. The molecule has 1 unspecified atom stereocenters. The molecule has 5 nitrogen and oxygen atoms in total. The van der Waals surface area contributed by atoms with E-state index in [4.69, 9.17) is 50.3 Å². The summed E-state index contributed by atoms with van der Waals surface area (Å²) in [6.07, 6.45) is 0.624. The van der Waals surface area contributed by atoms with Crippen LogP contribution in [0.2, 0.25) is 15.1 Å². The van der Waals surface area contributed by atoms with Gasteiger partial charge in [0.25, 0.3) is 0 Å². The molecule has 0 fully saturated rings. The van der Waals surface area contributed by atoms with Crippen LogP contribution in [0.1, 0.15) is 45.7 Å². The van der Waals surface area contributed by atoms with E-state index in [1.54, 1.807) is 26.0 Å². The number of primary amides is 1. The number of hydrogen-bond donors (Lipinski definition) is 2. The van der Waals surface area contributed by atoms with Gasteiger partial charge < -0.3 is 10.5 Å². The molecule has 1 aliphatic heterocycles. The normalized spacial score (nSPS) is 17.1. The number of aromatic nitrogens is 1. The van der Waals surface area contributed by atoms with Gasteiger partial charge in [-0.2, -0.15) is 0 Å². The van der Waals surface area contributed by atoms with E-state index in [1.165, 1.54) is 0 Å². The Hall–Kier alpha value is -2.31. The maximum absolute atomic E-state index is 12.1. The maximum atomic E-state index is 12.1. The van der Waals surface area contributed by atoms with E-state index >= 15 is 0 Å². The van der Waals surface area contributed by atoms with Crippen molar-refractivity contribution in [2.75, 3.05) is 0 Å². The number of nitrogens with two attached hydrogens (primary N) is 1. The lowest BCUT2D eigenvalue weighted by Gasteiger charge is -2.40. The quantitative estimate of drug-likeness (QED) is 0.388. The van der Waals surface area contributed by atoms with E-state index in [-0.39, 0.29) is 6.04 Å². The third kappa shape index (κ3) is 5.03. The largest absolute Gasteiger partial charge is 0.471 e. The second-order valence-electron chi connectivity index (χ2n) is 9.66. The molecule has 1 atom stereocenters. The summed E-state index contributed by atoms with van der Waals surface area (Å²) >= 11 is 18.9. The molecule has 178 valence electrons. The lowest BCUT2D eigenvalue weighted by molar-refractivity contribution is -0.123. The van der Waals surface area contributed by atoms with E-state index in [9.17, 15) is 4.79 Å². The first-order valence-electron chi connectivity index (χ1n) is 10.9. The van der Waals surface area contributed by atoms with Crippen molar-refractivity contribution < 1.29 is 9.53 Å². The lowest BCUT2D eigenvalue weighted by Crippen LogP contribution is -2.54. The van der Waals surface area contributed by atoms with Gasteiger partial charge in [0.05, 0.1) is 16.3 Å². The van der Waals surface area contributed by atoms with Crippen LogP contribution in [-0.2, 0) is 4.79 Å². The fourth-order valence-electron chi connectivity index (χ4n) is 4.12. The molecular weight excluding hydrogens is 493 g/mol. The van der Waals surface area contributed by atoms with Crippen LogP contribution >= 0.6 is 34.8 Å². The Balaban J connectivity index is 1.95. The zero-order valence-corrected chi connectivity index (χ0v) is 21.6. The van der Waals surface area contributed by atoms with Crippen molar-refractivity contribution >= 4 is 40.7 Å². The van der Waals surface area contributed by atoms with Crippen LogP contribution < -0.4 is 15.8 Å². The Labute approximate surface area is 214 Å². The summed E-state index contributed by atoms with van der Waals surface area (Å²) < 4.78 is 6.30. The van der Waals surface area contributed by atoms with Crippen LogP contribution in [0.15, 0.2) is 48.5 Å². The summed E-state index contributed by atoms with van der Waals surface area (Å²) in [6.45, 7) is 7.52. The average Bonchev–Trinajstić information content (AvgIpc) is 2.72. The van der Waals surface area contributed by atoms with Crippen LogP contribution in [0.3, 0.4) is 0 Å². The van der Waals surface area contributed by atoms with Gasteiger partial charge in [-0.25, -0.2) is 4.98 Å². The number of hydrogen-bond acceptors (Lipinski definition) is 4. The minimum atomic E-state index is -0.923. The van der Waals surface area contributed by atoms with E-state index in [0.717, 1.165) is 22.3 Å². The van der Waals surface area contributed by atoms with Crippen molar-refractivity contribution in [3.05, 3.63) is 69.2 Å². The van der Waals surface area contributed by atoms with Crippen LogP contribution in [0.25, 0.3) is 22.4 Å². The fraction of sp³-hybridized carbons (Fsp3) is 0.308. The molecule has 1 aliphatic rings. The van der Waals surface area contributed by atoms with Crippen LogP contribution in [0.5, 0.6) is 5.88 Å². The standard InChI is InChI=1S/C26H26Cl3N3O2/c1-25(2)13-21(32-26(3,4)24(30)33)19-12-18(14-5-7-15(27)8-6-14)22(31-23(19)34-25)17-10-9-16(28)11-20(17)29/h5-12,21,32H,13H2,1-4H3,(H2,30,33). The van der Waals surface area contributed by atoms with Gasteiger partial charge in [0, 0.05) is 39.2 Å². The lowest BCUT2D eigenvalue weighted by atomic mass is 9.87. The van der Waals surface area contributed by atoms with Gasteiger partial charge in [0.1, 0.15) is 5.60 Å². The summed E-state index contributed by atoms with van der Waals surface area (Å²) in [5.74, 6) is 0.0431. The minimum absolute atomic E-state index is 0.213. The first-order chi connectivity index (χ1) is 15.9. The number of rotatable bonds is 5. The molecule has 0 saturated heterocycles. The van der Waals surface area contributed by atoms with Gasteiger partial charge in [-0.05, 0) is 69.7 Å². The summed E-state index contributed by atoms with van der Waals surface area (Å²) in [5, 5.41) is 5.06. The highest BCUT2D eigenvalue weighted by Gasteiger charge is 2.39. The van der Waals surface area contributed by atoms with Gasteiger partial charge in [-0.15, -0.1) is 0 Å². The first kappa shape index (κ1) is 24.8. The van der Waals surface area contributed by atoms with Gasteiger partial charge in [-0.3, -0.25) is 10.1 Å². The van der Waals surface area contributed by atoms with E-state index in [1.807, 2.05) is 50.2 Å². The molecule has 0 radical (unpaired) electrons. The number of benzene rings is 2. The molecule has 3 N–H and O–H groups in total. The molecule has 2 heterocycles. The number of pyridine rings is 1. The van der Waals surface area contributed by atoms with Crippen molar-refractivity contribution in [2.45, 2.75) is 51.3 Å². The number of nitrogens with one attached hydrogen (secondary N) is 1. The Morgan fingerprint density at radius 3 is 2.32 bits per heavy atom. The predicted octanol–water partition coefficient (Wildman–Crippen LogP) is 6.83. The molecule has 3 aromatic rings. The fourth-order valence-corrected chi connectivity index (χ4v) is 4.74. The molecule has 2 aromatic carbocycles. The van der Waals surface area contributed by atoms with Crippen LogP contribution in [-0.4, -0.2) is 22.0 Å². The molecule has 8 heteroatoms. The molecule has 0 aliphatic carbocycles. The van der Waals surface area contributed by atoms with Crippen molar-refractivity contribution in [1.82, 2.24) is 10.3 Å². The highest BCUT2D eigenvalue weighted by atomic mass is 35.5. The topological polar surface area (TPSA) is 77.2 Å². The van der Waals surface area contributed by atoms with Gasteiger partial charge in [0.2, 0.25) is 11.8 Å². The number of halogens is 3. The Morgan fingerprint density at radius 1 is 1.06 bits per heavy atom. The van der Waals surface area contributed by atoms with E-state index in [2.05, 4.69) is 5.32 Å². The number of ether oxygens (including phenoxy) is 1. The van der Waals surface area contributed by atoms with Gasteiger partial charge in [0.15, 0.2) is 0 Å². The van der Waals surface area contributed by atoms with E-state index in [0.29, 0.717) is 33.1 Å². The number of nitrogens with zero attached hydrogens (tertiary/aromatic N) is 1. The maximum Gasteiger partial charge on any atom is 0.237 e. The monoisotopic (exact) mass is 517 g/mol. The van der Waals surface area contributed by atoms with Crippen LogP contribution in [0.4, 0.5) is 0 Å². The zero-order valence-electron chi connectivity index (χ0n) is 19.4. The molecule has 0 spiro atoms. The Kier molecular flexibility index (Phi) is 6.60. The van der Waals surface area contributed by atoms with Crippen molar-refractivity contribution in [3.63, 3.8) is 0 Å². The Bertz CT molecular complexity index is 1260. The second-order valence-corrected chi connectivity index (χ2v) is 10.9. The van der Waals surface area contributed by atoms with Gasteiger partial charge >= 0.3 is 0 Å². The summed E-state index contributed by atoms with van der Waals surface area (Å²) in [4.78, 5) is 17.0. The van der Waals surface area contributed by atoms with E-state index < -0.39 is 17.0 Å². The van der Waals surface area contributed by atoms with Crippen molar-refractivity contribution in [2.24, 2.45) is 5.73 Å². The zero-order chi connectivity index (χ0) is 24.8. The van der Waals surface area contributed by atoms with Crippen molar-refractivity contribution in [1.29, 1.82) is 0 Å². The molecule has 1 aromatic heterocycles. The summed E-state index contributed by atoms with van der Waals surface area (Å²) in [6, 6.07) is 14.7. The summed E-state index contributed by atoms with van der Waals surface area (Å²) in [7, 11) is 0. The molecule has 34 heavy (non-hydrogen) atoms. The summed E-state index contributed by atoms with van der Waals surface area (Å²) in [5.41, 5.74) is 8.21. The number of fused-ring (bicyclic) bond motifs is 1. The molecule has 1 amide bonds. The average molecular weight is 519 g/mol. The highest BCUT2D eigenvalue weighted by Crippen LogP contribution is 2.45. The number of carbonyl (C=O) groups is 1.